The third kappa shape index (κ3) is 2.55. The molecule has 0 heterocycles. The van der Waals surface area contributed by atoms with E-state index in [2.05, 4.69) is 4.99 Å². The third-order valence-corrected chi connectivity index (χ3v) is 3.33. The molecule has 1 aliphatic carbocycles. The summed E-state index contributed by atoms with van der Waals surface area (Å²) in [6.45, 7) is 1.55. The Labute approximate surface area is 107 Å². The fourth-order valence-corrected chi connectivity index (χ4v) is 2.63. The summed E-state index contributed by atoms with van der Waals surface area (Å²) in [5.41, 5.74) is -2.63. The molecule has 1 N–H and O–H groups in total. The summed E-state index contributed by atoms with van der Waals surface area (Å²) in [6.07, 6.45) is -2.85. The number of carbonyl (C=O) groups excluding carboxylic acids is 1. The standard InChI is InChI=1S/C13H12F3NO2/c1-11(19)6-12(7-11,17-8-18)9-3-2-4-10(5-9)13(14,15)16/h2-5,19H,6-7H2,1H3. The van der Waals surface area contributed by atoms with E-state index in [0.29, 0.717) is 0 Å². The molecule has 1 fully saturated rings. The van der Waals surface area contributed by atoms with E-state index in [-0.39, 0.29) is 18.4 Å². The van der Waals surface area contributed by atoms with E-state index in [1.807, 2.05) is 0 Å². The molecule has 0 unspecified atom stereocenters. The summed E-state index contributed by atoms with van der Waals surface area (Å²) in [5.74, 6) is 0. The molecule has 2 rings (SSSR count). The van der Waals surface area contributed by atoms with Crippen molar-refractivity contribution in [1.29, 1.82) is 0 Å². The zero-order valence-corrected chi connectivity index (χ0v) is 10.2. The summed E-state index contributed by atoms with van der Waals surface area (Å²) < 4.78 is 38.0. The SMILES string of the molecule is CC1(O)CC(N=C=O)(c2cccc(C(F)(F)F)c2)C1. The van der Waals surface area contributed by atoms with Crippen LogP contribution < -0.4 is 0 Å². The van der Waals surface area contributed by atoms with Gasteiger partial charge in [-0.2, -0.15) is 18.2 Å². The second-order valence-corrected chi connectivity index (χ2v) is 5.16. The van der Waals surface area contributed by atoms with Gasteiger partial charge >= 0.3 is 6.18 Å². The van der Waals surface area contributed by atoms with Crippen molar-refractivity contribution in [2.75, 3.05) is 0 Å². The van der Waals surface area contributed by atoms with Crippen LogP contribution in [0, 0.1) is 0 Å². The van der Waals surface area contributed by atoms with Crippen LogP contribution in [-0.4, -0.2) is 16.8 Å². The average molecular weight is 271 g/mol. The number of benzene rings is 1. The zero-order valence-electron chi connectivity index (χ0n) is 10.2. The minimum Gasteiger partial charge on any atom is -0.390 e. The number of aliphatic hydroxyl groups is 1. The Bertz CT molecular complexity index is 537. The number of alkyl halides is 3. The van der Waals surface area contributed by atoms with Gasteiger partial charge in [0.1, 0.15) is 5.54 Å². The minimum atomic E-state index is -4.45. The van der Waals surface area contributed by atoms with Gasteiger partial charge in [-0.1, -0.05) is 12.1 Å². The highest BCUT2D eigenvalue weighted by molar-refractivity contribution is 5.42. The predicted molar refractivity (Wildman–Crippen MR) is 61.1 cm³/mol. The molecule has 0 aliphatic heterocycles. The fourth-order valence-electron chi connectivity index (χ4n) is 2.63. The van der Waals surface area contributed by atoms with E-state index in [9.17, 15) is 23.1 Å². The maximum atomic E-state index is 12.7. The molecule has 3 nitrogen and oxygen atoms in total. The van der Waals surface area contributed by atoms with Crippen molar-refractivity contribution in [3.63, 3.8) is 0 Å². The normalized spacial score (nSPS) is 30.4. The van der Waals surface area contributed by atoms with Crippen molar-refractivity contribution >= 4 is 6.08 Å². The van der Waals surface area contributed by atoms with Crippen LogP contribution in [0.1, 0.15) is 30.9 Å². The summed E-state index contributed by atoms with van der Waals surface area (Å²) in [5, 5.41) is 9.75. The summed E-state index contributed by atoms with van der Waals surface area (Å²) >= 11 is 0. The Morgan fingerprint density at radius 1 is 1.37 bits per heavy atom. The molecule has 0 amide bonds. The van der Waals surface area contributed by atoms with Crippen LogP contribution in [-0.2, 0) is 16.5 Å². The maximum absolute atomic E-state index is 12.7. The molecule has 0 aromatic heterocycles. The van der Waals surface area contributed by atoms with Crippen molar-refractivity contribution < 1.29 is 23.1 Å². The van der Waals surface area contributed by atoms with Crippen molar-refractivity contribution in [2.45, 2.75) is 37.1 Å². The number of hydrogen-bond donors (Lipinski definition) is 1. The number of aliphatic imine (C=N–C) groups is 1. The lowest BCUT2D eigenvalue weighted by Gasteiger charge is -2.48. The number of halogens is 3. The zero-order chi connectivity index (χ0) is 14.3. The quantitative estimate of drug-likeness (QED) is 0.664. The van der Waals surface area contributed by atoms with Gasteiger partial charge in [-0.3, -0.25) is 0 Å². The number of isocyanates is 1. The molecule has 0 atom stereocenters. The van der Waals surface area contributed by atoms with Crippen LogP contribution >= 0.6 is 0 Å². The van der Waals surface area contributed by atoms with Crippen molar-refractivity contribution in [2.24, 2.45) is 4.99 Å². The van der Waals surface area contributed by atoms with Gasteiger partial charge in [0, 0.05) is 12.8 Å². The Morgan fingerprint density at radius 2 is 2.00 bits per heavy atom. The van der Waals surface area contributed by atoms with Crippen molar-refractivity contribution in [3.8, 4) is 0 Å². The molecule has 19 heavy (non-hydrogen) atoms. The van der Waals surface area contributed by atoms with Crippen LogP contribution in [0.4, 0.5) is 13.2 Å². The largest absolute Gasteiger partial charge is 0.416 e. The second-order valence-electron chi connectivity index (χ2n) is 5.16. The van der Waals surface area contributed by atoms with Crippen molar-refractivity contribution in [1.82, 2.24) is 0 Å². The fraction of sp³-hybridized carbons (Fsp3) is 0.462. The van der Waals surface area contributed by atoms with E-state index in [1.165, 1.54) is 18.2 Å². The molecular weight excluding hydrogens is 259 g/mol. The molecule has 0 saturated heterocycles. The predicted octanol–water partition coefficient (Wildman–Crippen LogP) is 2.78. The smallest absolute Gasteiger partial charge is 0.390 e. The van der Waals surface area contributed by atoms with Gasteiger partial charge in [-0.15, -0.1) is 0 Å². The van der Waals surface area contributed by atoms with E-state index in [4.69, 9.17) is 0 Å². The maximum Gasteiger partial charge on any atom is 0.416 e. The van der Waals surface area contributed by atoms with Gasteiger partial charge in [0.15, 0.2) is 0 Å². The first-order valence-corrected chi connectivity index (χ1v) is 5.68. The third-order valence-electron chi connectivity index (χ3n) is 3.33. The molecular formula is C13H12F3NO2. The lowest BCUT2D eigenvalue weighted by molar-refractivity contribution is -0.137. The summed E-state index contributed by atoms with van der Waals surface area (Å²) in [4.78, 5) is 14.1. The number of rotatable bonds is 2. The van der Waals surface area contributed by atoms with Crippen molar-refractivity contribution in [3.05, 3.63) is 35.4 Å². The van der Waals surface area contributed by atoms with E-state index in [0.717, 1.165) is 12.1 Å². The van der Waals surface area contributed by atoms with E-state index >= 15 is 0 Å². The Hall–Kier alpha value is -1.65. The average Bonchev–Trinajstić information content (AvgIpc) is 2.25. The molecule has 0 radical (unpaired) electrons. The highest BCUT2D eigenvalue weighted by atomic mass is 19.4. The Balaban J connectivity index is 2.43. The monoisotopic (exact) mass is 271 g/mol. The van der Waals surface area contributed by atoms with Gasteiger partial charge in [-0.05, 0) is 24.6 Å². The van der Waals surface area contributed by atoms with E-state index in [1.54, 1.807) is 6.92 Å². The van der Waals surface area contributed by atoms with Gasteiger partial charge in [-0.25, -0.2) is 4.79 Å². The first-order chi connectivity index (χ1) is 8.69. The number of nitrogens with zero attached hydrogens (tertiary/aromatic N) is 1. The van der Waals surface area contributed by atoms with Crippen LogP contribution in [0.2, 0.25) is 0 Å². The highest BCUT2D eigenvalue weighted by Gasteiger charge is 2.53. The van der Waals surface area contributed by atoms with E-state index < -0.39 is 22.9 Å². The summed E-state index contributed by atoms with van der Waals surface area (Å²) in [7, 11) is 0. The molecule has 1 saturated carbocycles. The molecule has 102 valence electrons. The number of hydrogen-bond acceptors (Lipinski definition) is 3. The van der Waals surface area contributed by atoms with Gasteiger partial charge in [0.25, 0.3) is 0 Å². The van der Waals surface area contributed by atoms with Crippen LogP contribution in [0.5, 0.6) is 0 Å². The highest BCUT2D eigenvalue weighted by Crippen LogP contribution is 2.51. The molecule has 1 aromatic rings. The van der Waals surface area contributed by atoms with Gasteiger partial charge < -0.3 is 5.11 Å². The molecule has 6 heteroatoms. The molecule has 1 aromatic carbocycles. The molecule has 0 bridgehead atoms. The first-order valence-electron chi connectivity index (χ1n) is 5.68. The topological polar surface area (TPSA) is 49.7 Å². The van der Waals surface area contributed by atoms with Crippen LogP contribution in [0.15, 0.2) is 29.3 Å². The lowest BCUT2D eigenvalue weighted by Crippen LogP contribution is -2.51. The van der Waals surface area contributed by atoms with Gasteiger partial charge in [0.2, 0.25) is 6.08 Å². The van der Waals surface area contributed by atoms with Crippen LogP contribution in [0.25, 0.3) is 0 Å². The molecule has 1 aliphatic rings. The summed E-state index contributed by atoms with van der Waals surface area (Å²) in [6, 6.07) is 4.67. The Morgan fingerprint density at radius 3 is 2.47 bits per heavy atom. The Kier molecular flexibility index (Phi) is 3.03. The van der Waals surface area contributed by atoms with Crippen LogP contribution in [0.3, 0.4) is 0 Å². The second kappa shape index (κ2) is 4.18. The first kappa shape index (κ1) is 13.8. The molecule has 0 spiro atoms. The minimum absolute atomic E-state index is 0.108. The lowest BCUT2D eigenvalue weighted by atomic mass is 9.63. The van der Waals surface area contributed by atoms with Gasteiger partial charge in [0.05, 0.1) is 11.2 Å².